The van der Waals surface area contributed by atoms with Crippen molar-refractivity contribution >= 4 is 11.9 Å². The van der Waals surface area contributed by atoms with Gasteiger partial charge in [0.25, 0.3) is 0 Å². The third-order valence-electron chi connectivity index (χ3n) is 20.0. The van der Waals surface area contributed by atoms with E-state index in [-0.39, 0.29) is 18.5 Å². The van der Waals surface area contributed by atoms with Gasteiger partial charge in [-0.3, -0.25) is 9.59 Å². The predicted octanol–water partition coefficient (Wildman–Crippen LogP) is 28.0. The molecule has 0 spiro atoms. The molecule has 0 aromatic carbocycles. The third-order valence-corrected chi connectivity index (χ3v) is 20.0. The van der Waals surface area contributed by atoms with Crippen LogP contribution in [0.2, 0.25) is 0 Å². The number of esters is 1. The Kier molecular flexibility index (Phi) is 79.3. The van der Waals surface area contributed by atoms with Gasteiger partial charge in [-0.05, 0) is 57.8 Å². The molecular formula is C85H165NO5. The second kappa shape index (κ2) is 80.8. The molecule has 3 N–H and O–H groups in total. The van der Waals surface area contributed by atoms with Crippen LogP contribution in [0.25, 0.3) is 0 Å². The van der Waals surface area contributed by atoms with E-state index >= 15 is 0 Å². The minimum Gasteiger partial charge on any atom is -0.466 e. The molecule has 0 aliphatic rings. The van der Waals surface area contributed by atoms with Crippen LogP contribution >= 0.6 is 0 Å². The highest BCUT2D eigenvalue weighted by Crippen LogP contribution is 2.21. The molecule has 0 heterocycles. The first-order valence-corrected chi connectivity index (χ1v) is 42.1. The minimum absolute atomic E-state index is 0.0193. The zero-order chi connectivity index (χ0) is 65.6. The number of rotatable bonds is 80. The molecule has 0 aromatic heterocycles. The average Bonchev–Trinajstić information content (AvgIpc) is 3.73. The number of carbonyl (C=O) groups is 2. The molecule has 0 saturated heterocycles. The third kappa shape index (κ3) is 77.2. The lowest BCUT2D eigenvalue weighted by atomic mass is 10.0. The first kappa shape index (κ1) is 89.3. The van der Waals surface area contributed by atoms with Gasteiger partial charge in [-0.1, -0.05) is 436 Å². The summed E-state index contributed by atoms with van der Waals surface area (Å²) in [6.07, 6.45) is 105. The largest absolute Gasteiger partial charge is 0.466 e. The fraction of sp³-hybridized carbons (Fsp3) is 0.929. The van der Waals surface area contributed by atoms with Gasteiger partial charge in [-0.15, -0.1) is 0 Å². The van der Waals surface area contributed by atoms with E-state index in [2.05, 4.69) is 31.3 Å². The van der Waals surface area contributed by atoms with Gasteiger partial charge in [0, 0.05) is 12.8 Å². The van der Waals surface area contributed by atoms with E-state index in [0.29, 0.717) is 19.4 Å². The summed E-state index contributed by atoms with van der Waals surface area (Å²) in [4.78, 5) is 24.7. The molecule has 6 heteroatoms. The van der Waals surface area contributed by atoms with Crippen molar-refractivity contribution in [1.29, 1.82) is 0 Å². The van der Waals surface area contributed by atoms with Crippen LogP contribution in [0.4, 0.5) is 0 Å². The molecule has 2 unspecified atom stereocenters. The van der Waals surface area contributed by atoms with Crippen LogP contribution in [-0.2, 0) is 14.3 Å². The maximum atomic E-state index is 12.6. The number of hydrogen-bond acceptors (Lipinski definition) is 5. The molecule has 0 fully saturated rings. The number of aliphatic hydroxyl groups excluding tert-OH is 2. The lowest BCUT2D eigenvalue weighted by molar-refractivity contribution is -0.143. The van der Waals surface area contributed by atoms with Gasteiger partial charge in [-0.2, -0.15) is 0 Å². The Labute approximate surface area is 571 Å². The van der Waals surface area contributed by atoms with Gasteiger partial charge >= 0.3 is 5.97 Å². The van der Waals surface area contributed by atoms with E-state index in [1.54, 1.807) is 6.08 Å². The summed E-state index contributed by atoms with van der Waals surface area (Å²) in [6.45, 7) is 4.96. The topological polar surface area (TPSA) is 95.9 Å². The number of hydrogen-bond donors (Lipinski definition) is 3. The molecule has 0 aliphatic heterocycles. The van der Waals surface area contributed by atoms with Crippen molar-refractivity contribution in [3.05, 3.63) is 24.3 Å². The molecule has 540 valence electrons. The van der Waals surface area contributed by atoms with Crippen molar-refractivity contribution in [3.8, 4) is 0 Å². The lowest BCUT2D eigenvalue weighted by Gasteiger charge is -2.20. The highest BCUT2D eigenvalue weighted by molar-refractivity contribution is 5.76. The number of amides is 1. The summed E-state index contributed by atoms with van der Waals surface area (Å²) >= 11 is 0. The number of nitrogens with one attached hydrogen (secondary N) is 1. The number of aliphatic hydroxyl groups is 2. The van der Waals surface area contributed by atoms with Gasteiger partial charge < -0.3 is 20.3 Å². The molecule has 0 aromatic rings. The van der Waals surface area contributed by atoms with E-state index in [9.17, 15) is 19.8 Å². The van der Waals surface area contributed by atoms with E-state index in [4.69, 9.17) is 4.74 Å². The van der Waals surface area contributed by atoms with E-state index < -0.39 is 12.1 Å². The second-order valence-corrected chi connectivity index (χ2v) is 29.2. The molecule has 0 bridgehead atoms. The molecular weight excluding hydrogens is 1110 g/mol. The Hall–Kier alpha value is -1.66. The molecule has 1 amide bonds. The molecule has 0 saturated carbocycles. The van der Waals surface area contributed by atoms with E-state index in [1.165, 1.54) is 417 Å². The van der Waals surface area contributed by atoms with Crippen LogP contribution in [0, 0.1) is 0 Å². The predicted molar refractivity (Wildman–Crippen MR) is 403 cm³/mol. The standard InChI is InChI=1S/C85H165NO5/c1-3-5-7-9-11-13-15-17-19-21-22-23-24-36-39-42-46-49-53-57-61-65-69-73-77-83(88)82(81-87)86-84(89)78-74-70-66-62-58-54-50-47-43-40-37-34-32-30-28-26-25-27-29-31-33-35-38-41-44-48-52-56-60-64-68-72-76-80-91-85(90)79-75-71-67-63-59-55-51-45-20-18-16-14-12-10-8-6-4-2/h18,20,73,77,82-83,87-88H,3-17,19,21-72,74-76,78-81H2,1-2H3,(H,86,89)/b20-18-,77-73+. The van der Waals surface area contributed by atoms with Crippen molar-refractivity contribution in [2.75, 3.05) is 13.2 Å². The zero-order valence-electron chi connectivity index (χ0n) is 62.1. The van der Waals surface area contributed by atoms with Crippen molar-refractivity contribution in [1.82, 2.24) is 5.32 Å². The summed E-state index contributed by atoms with van der Waals surface area (Å²) in [5, 5.41) is 23.3. The molecule has 0 radical (unpaired) electrons. The van der Waals surface area contributed by atoms with Crippen LogP contribution in [0.5, 0.6) is 0 Å². The van der Waals surface area contributed by atoms with Crippen LogP contribution in [0.15, 0.2) is 24.3 Å². The first-order chi connectivity index (χ1) is 45.0. The molecule has 91 heavy (non-hydrogen) atoms. The fourth-order valence-electron chi connectivity index (χ4n) is 13.6. The van der Waals surface area contributed by atoms with Crippen molar-refractivity contribution < 1.29 is 24.5 Å². The summed E-state index contributed by atoms with van der Waals surface area (Å²) in [6, 6.07) is -0.625. The summed E-state index contributed by atoms with van der Waals surface area (Å²) < 4.78 is 5.51. The van der Waals surface area contributed by atoms with Gasteiger partial charge in [-0.25, -0.2) is 0 Å². The molecule has 0 rings (SSSR count). The average molecular weight is 1280 g/mol. The number of allylic oxidation sites excluding steroid dienone is 3. The van der Waals surface area contributed by atoms with Crippen molar-refractivity contribution in [2.45, 2.75) is 495 Å². The maximum Gasteiger partial charge on any atom is 0.305 e. The minimum atomic E-state index is -0.843. The fourth-order valence-corrected chi connectivity index (χ4v) is 13.6. The number of ether oxygens (including phenoxy) is 1. The van der Waals surface area contributed by atoms with E-state index in [1.807, 2.05) is 6.08 Å². The second-order valence-electron chi connectivity index (χ2n) is 29.2. The smallest absolute Gasteiger partial charge is 0.305 e. The summed E-state index contributed by atoms with van der Waals surface area (Å²) in [5.74, 6) is -0.0382. The quantitative estimate of drug-likeness (QED) is 0.0320. The van der Waals surface area contributed by atoms with E-state index in [0.717, 1.165) is 38.5 Å². The maximum absolute atomic E-state index is 12.6. The number of unbranched alkanes of at least 4 members (excludes halogenated alkanes) is 67. The lowest BCUT2D eigenvalue weighted by Crippen LogP contribution is -2.45. The Balaban J connectivity index is 3.34. The van der Waals surface area contributed by atoms with Crippen LogP contribution in [0.1, 0.15) is 483 Å². The van der Waals surface area contributed by atoms with Crippen LogP contribution < -0.4 is 5.32 Å². The van der Waals surface area contributed by atoms with Gasteiger partial charge in [0.2, 0.25) is 5.91 Å². The summed E-state index contributed by atoms with van der Waals surface area (Å²) in [7, 11) is 0. The van der Waals surface area contributed by atoms with Gasteiger partial charge in [0.15, 0.2) is 0 Å². The number of carbonyl (C=O) groups excluding carboxylic acids is 2. The summed E-state index contributed by atoms with van der Waals surface area (Å²) in [5.41, 5.74) is 0. The zero-order valence-corrected chi connectivity index (χ0v) is 62.1. The molecule has 6 nitrogen and oxygen atoms in total. The highest BCUT2D eigenvalue weighted by atomic mass is 16.5. The Morgan fingerprint density at radius 1 is 0.297 bits per heavy atom. The normalized spacial score (nSPS) is 12.5. The Bertz CT molecular complexity index is 1430. The highest BCUT2D eigenvalue weighted by Gasteiger charge is 2.18. The molecule has 2 atom stereocenters. The molecule has 0 aliphatic carbocycles. The van der Waals surface area contributed by atoms with Crippen molar-refractivity contribution in [3.63, 3.8) is 0 Å². The monoisotopic (exact) mass is 1280 g/mol. The van der Waals surface area contributed by atoms with Crippen molar-refractivity contribution in [2.24, 2.45) is 0 Å². The van der Waals surface area contributed by atoms with Crippen LogP contribution in [0.3, 0.4) is 0 Å². The Morgan fingerprint density at radius 3 is 0.780 bits per heavy atom. The van der Waals surface area contributed by atoms with Gasteiger partial charge in [0.1, 0.15) is 0 Å². The van der Waals surface area contributed by atoms with Crippen LogP contribution in [-0.4, -0.2) is 47.4 Å². The SMILES string of the molecule is CCCCCCCC/C=C\CCCCCCCCCC(=O)OCCCCCCCCCCCCCCCCCCCCCCCCCCCCCCCCCCCC(=O)NC(CO)C(O)/C=C/CCCCCCCCCCCCCCCCCCCCCCCC. The van der Waals surface area contributed by atoms with Gasteiger partial charge in [0.05, 0.1) is 25.4 Å². The first-order valence-electron chi connectivity index (χ1n) is 42.1. The Morgan fingerprint density at radius 2 is 0.516 bits per heavy atom.